The van der Waals surface area contributed by atoms with Gasteiger partial charge in [0, 0.05) is 0 Å². The zero-order valence-electron chi connectivity index (χ0n) is 7.23. The molecule has 0 aliphatic heterocycles. The molecule has 0 saturated heterocycles. The summed E-state index contributed by atoms with van der Waals surface area (Å²) >= 11 is 5.58. The number of hydrogen-bond donors (Lipinski definition) is 1. The first-order valence-corrected chi connectivity index (χ1v) is 5.54. The molecule has 0 fully saturated rings. The van der Waals surface area contributed by atoms with Gasteiger partial charge in [-0.15, -0.1) is 10.5 Å². The third-order valence-electron chi connectivity index (χ3n) is 1.34. The van der Waals surface area contributed by atoms with Crippen LogP contribution in [0.4, 0.5) is 11.5 Å². The van der Waals surface area contributed by atoms with Crippen LogP contribution in [-0.2, 0) is 0 Å². The van der Waals surface area contributed by atoms with Crippen LogP contribution in [0.25, 0.3) is 0 Å². The van der Waals surface area contributed by atoms with Crippen LogP contribution in [0, 0.1) is 10.1 Å². The number of rotatable bonds is 2. The maximum atomic E-state index is 10.5. The second-order valence-electron chi connectivity index (χ2n) is 2.43. The zero-order chi connectivity index (χ0) is 10.9. The Morgan fingerprint density at radius 2 is 2.21 bits per heavy atom. The predicted octanol–water partition coefficient (Wildman–Crippen LogP) is 1.31. The van der Waals surface area contributed by atoms with Gasteiger partial charge in [0.05, 0.1) is 4.92 Å². The molecule has 0 radical (unpaired) electrons. The molecule has 0 amide bonds. The van der Waals surface area contributed by atoms with E-state index in [9.17, 15) is 10.1 Å². The Kier molecular flexibility index (Phi) is 3.02. The molecule has 1 unspecified atom stereocenters. The van der Waals surface area contributed by atoms with E-state index in [4.69, 9.17) is 17.3 Å². The number of nitrogen functional groups attached to an aromatic ring is 1. The van der Waals surface area contributed by atoms with Crippen LogP contribution in [0.3, 0.4) is 0 Å². The molecule has 76 valence electrons. The van der Waals surface area contributed by atoms with Gasteiger partial charge in [-0.2, -0.15) is 4.98 Å². The molecular weight excluding hydrogens is 228 g/mol. The molecule has 1 atom stereocenters. The van der Waals surface area contributed by atoms with Gasteiger partial charge >= 0.3 is 5.69 Å². The maximum absolute atomic E-state index is 10.5. The van der Waals surface area contributed by atoms with Crippen molar-refractivity contribution in [2.24, 2.45) is 0 Å². The summed E-state index contributed by atoms with van der Waals surface area (Å²) in [6.07, 6.45) is 1.76. The largest absolute Gasteiger partial charge is 0.378 e. The fourth-order valence-electron chi connectivity index (χ4n) is 0.748. The van der Waals surface area contributed by atoms with Crippen LogP contribution in [0.2, 0.25) is 5.15 Å². The minimum Gasteiger partial charge on any atom is -0.378 e. The number of halogens is 1. The Bertz CT molecular complexity index is 399. The molecule has 0 aromatic carbocycles. The van der Waals surface area contributed by atoms with Gasteiger partial charge < -0.3 is 5.73 Å². The minimum absolute atomic E-state index is 0.229. The third-order valence-corrected chi connectivity index (χ3v) is 2.41. The van der Waals surface area contributed by atoms with Gasteiger partial charge in [0.1, 0.15) is 0 Å². The van der Waals surface area contributed by atoms with E-state index in [1.54, 1.807) is 6.26 Å². The molecule has 1 heterocycles. The Morgan fingerprint density at radius 1 is 1.64 bits per heavy atom. The normalized spacial score (nSPS) is 12.4. The van der Waals surface area contributed by atoms with E-state index in [1.165, 1.54) is 0 Å². The van der Waals surface area contributed by atoms with E-state index in [2.05, 4.69) is 15.8 Å². The molecule has 6 nitrogen and oxygen atoms in total. The van der Waals surface area contributed by atoms with E-state index in [0.717, 1.165) is 0 Å². The van der Waals surface area contributed by atoms with Crippen molar-refractivity contribution in [3.8, 4) is 0 Å². The van der Waals surface area contributed by atoms with Crippen molar-refractivity contribution in [2.75, 3.05) is 12.0 Å². The Balaban J connectivity index is 3.39. The third kappa shape index (κ3) is 1.99. The molecule has 14 heavy (non-hydrogen) atoms. The van der Waals surface area contributed by atoms with Gasteiger partial charge in [0.25, 0.3) is 0 Å². The molecule has 1 aromatic heterocycles. The summed E-state index contributed by atoms with van der Waals surface area (Å²) in [5.41, 5.74) is 4.90. The van der Waals surface area contributed by atoms with Crippen molar-refractivity contribution in [3.63, 3.8) is 0 Å². The van der Waals surface area contributed by atoms with Crippen molar-refractivity contribution in [3.05, 3.63) is 15.3 Å². The molecule has 2 N–H and O–H groups in total. The quantitative estimate of drug-likeness (QED) is 0.274. The van der Waals surface area contributed by atoms with Crippen molar-refractivity contribution in [1.82, 2.24) is 9.97 Å². The van der Waals surface area contributed by atoms with E-state index >= 15 is 0 Å². The molecule has 0 bridgehead atoms. The molecule has 0 spiro atoms. The van der Waals surface area contributed by atoms with Gasteiger partial charge in [-0.1, -0.05) is 17.5 Å². The van der Waals surface area contributed by atoms with Gasteiger partial charge in [-0.25, -0.2) is 4.98 Å². The summed E-state index contributed by atoms with van der Waals surface area (Å²) in [7, 11) is -0.480. The highest BCUT2D eigenvalue weighted by Gasteiger charge is 2.21. The highest BCUT2D eigenvalue weighted by Crippen LogP contribution is 2.30. The molecule has 0 aliphatic rings. The van der Waals surface area contributed by atoms with Crippen LogP contribution in [0.1, 0.15) is 0 Å². The highest BCUT2D eigenvalue weighted by atomic mass is 35.5. The number of aromatic nitrogens is 2. The van der Waals surface area contributed by atoms with Crippen LogP contribution >= 0.6 is 22.1 Å². The summed E-state index contributed by atoms with van der Waals surface area (Å²) in [5, 5.41) is 10.5. The lowest BCUT2D eigenvalue weighted by molar-refractivity contribution is -0.384. The highest BCUT2D eigenvalue weighted by molar-refractivity contribution is 8.13. The van der Waals surface area contributed by atoms with Crippen LogP contribution in [0.15, 0.2) is 5.16 Å². The van der Waals surface area contributed by atoms with E-state index in [-0.39, 0.29) is 11.0 Å². The van der Waals surface area contributed by atoms with Crippen molar-refractivity contribution < 1.29 is 4.92 Å². The van der Waals surface area contributed by atoms with Crippen LogP contribution in [-0.4, -0.2) is 27.0 Å². The maximum Gasteiger partial charge on any atom is 0.348 e. The summed E-state index contributed by atoms with van der Waals surface area (Å²) in [5.74, 6) is 3.46. The van der Waals surface area contributed by atoms with Crippen LogP contribution in [0.5, 0.6) is 0 Å². The number of nitrogens with zero attached hydrogens (tertiary/aromatic N) is 3. The lowest BCUT2D eigenvalue weighted by Gasteiger charge is -2.02. The monoisotopic (exact) mass is 234 g/mol. The molecule has 8 heteroatoms. The molecule has 1 aromatic rings. The van der Waals surface area contributed by atoms with Gasteiger partial charge in [-0.3, -0.25) is 10.1 Å². The Morgan fingerprint density at radius 3 is 2.57 bits per heavy atom. The predicted molar refractivity (Wildman–Crippen MR) is 57.0 cm³/mol. The average molecular weight is 235 g/mol. The van der Waals surface area contributed by atoms with E-state index in [0.29, 0.717) is 5.16 Å². The van der Waals surface area contributed by atoms with Crippen molar-refractivity contribution >= 4 is 39.5 Å². The lowest BCUT2D eigenvalue weighted by atomic mass is 10.5. The molecule has 0 saturated carbocycles. The van der Waals surface area contributed by atoms with Gasteiger partial charge in [-0.05, 0) is 6.26 Å². The number of nitro groups is 1. The zero-order valence-corrected chi connectivity index (χ0v) is 8.80. The van der Waals surface area contributed by atoms with E-state index in [1.807, 2.05) is 0 Å². The second kappa shape index (κ2) is 3.89. The Hall–Kier alpha value is -1.21. The van der Waals surface area contributed by atoms with Crippen molar-refractivity contribution in [1.29, 1.82) is 0 Å². The molecule has 1 rings (SSSR count). The smallest absolute Gasteiger partial charge is 0.348 e. The first-order valence-electron chi connectivity index (χ1n) is 3.36. The summed E-state index contributed by atoms with van der Waals surface area (Å²) < 4.78 is 0. The lowest BCUT2D eigenvalue weighted by Crippen LogP contribution is -2.02. The first kappa shape index (κ1) is 10.9. The number of hydrogen-bond acceptors (Lipinski definition) is 5. The van der Waals surface area contributed by atoms with E-state index < -0.39 is 21.1 Å². The number of anilines is 1. The first-order chi connectivity index (χ1) is 6.43. The molecule has 0 aliphatic carbocycles. The Labute approximate surface area is 87.2 Å². The van der Waals surface area contributed by atoms with Gasteiger partial charge in [0.15, 0.2) is 5.16 Å². The summed E-state index contributed by atoms with van der Waals surface area (Å²) in [6.45, 7) is 0. The fraction of sp³-hybridized carbons (Fsp3) is 0.167. The molecular formula is C6H7ClN4O2S. The second-order valence-corrected chi connectivity index (χ2v) is 4.42. The van der Waals surface area contributed by atoms with Gasteiger partial charge in [0.2, 0.25) is 11.0 Å². The van der Waals surface area contributed by atoms with Crippen molar-refractivity contribution in [2.45, 2.75) is 5.16 Å². The summed E-state index contributed by atoms with van der Waals surface area (Å²) in [4.78, 5) is 17.2. The summed E-state index contributed by atoms with van der Waals surface area (Å²) in [6, 6.07) is 0. The van der Waals surface area contributed by atoms with Crippen LogP contribution < -0.4 is 5.73 Å². The average Bonchev–Trinajstić information content (AvgIpc) is 2.01. The topological polar surface area (TPSA) is 94.9 Å². The number of nitrogens with two attached hydrogens (primary N) is 1. The standard InChI is InChI=1S/C6H7ClN4O2S/c1-14(2)6-9-4(7)3(11(12)13)5(8)10-6/h1H2,2H3,(H2,8,9,10). The fourth-order valence-corrected chi connectivity index (χ4v) is 1.55. The SMILES string of the molecule is C=S(C)c1nc(N)c([N+](=O)[O-])c(Cl)n1. The minimum atomic E-state index is -0.710.